The van der Waals surface area contributed by atoms with E-state index in [4.69, 9.17) is 0 Å². The summed E-state index contributed by atoms with van der Waals surface area (Å²) in [6.07, 6.45) is 1.15. The number of hydrogen-bond donors (Lipinski definition) is 4. The Hall–Kier alpha value is -3.47. The molecule has 0 radical (unpaired) electrons. The van der Waals surface area contributed by atoms with Crippen molar-refractivity contribution in [1.82, 2.24) is 0 Å². The minimum Gasteiger partial charge on any atom is -0.507 e. The molecule has 0 unspecified atom stereocenters. The Balaban J connectivity index is 2.00. The van der Waals surface area contributed by atoms with Gasteiger partial charge in [-0.1, -0.05) is 36.4 Å². The van der Waals surface area contributed by atoms with Crippen LogP contribution in [0.15, 0.2) is 60.4 Å². The zero-order valence-electron chi connectivity index (χ0n) is 12.5. The van der Waals surface area contributed by atoms with Gasteiger partial charge < -0.3 is 20.4 Å². The van der Waals surface area contributed by atoms with Crippen LogP contribution in [-0.4, -0.2) is 26.2 Å². The Kier molecular flexibility index (Phi) is 3.83. The number of aliphatic hydroxyl groups excluding tert-OH is 1. The molecule has 0 fully saturated rings. The predicted molar refractivity (Wildman–Crippen MR) is 90.3 cm³/mol. The van der Waals surface area contributed by atoms with E-state index in [0.717, 1.165) is 11.5 Å². The van der Waals surface area contributed by atoms with Crippen molar-refractivity contribution in [2.24, 2.45) is 0 Å². The fraction of sp³-hybridized carbons (Fsp3) is 0. The average molecular weight is 322 g/mol. The quantitative estimate of drug-likeness (QED) is 0.255. The van der Waals surface area contributed by atoms with Gasteiger partial charge in [-0.25, -0.2) is 0 Å². The van der Waals surface area contributed by atoms with Gasteiger partial charge in [0, 0.05) is 5.39 Å². The third-order valence-electron chi connectivity index (χ3n) is 3.68. The summed E-state index contributed by atoms with van der Waals surface area (Å²) in [4.78, 5) is 12.4. The van der Waals surface area contributed by atoms with E-state index >= 15 is 0 Å². The lowest BCUT2D eigenvalue weighted by molar-refractivity contribution is 0.0978. The maximum atomic E-state index is 12.4. The van der Waals surface area contributed by atoms with Crippen LogP contribution in [0.1, 0.15) is 15.9 Å². The second-order valence-corrected chi connectivity index (χ2v) is 5.29. The summed E-state index contributed by atoms with van der Waals surface area (Å²) in [5.41, 5.74) is 0.307. The molecule has 0 heterocycles. The van der Waals surface area contributed by atoms with E-state index < -0.39 is 11.5 Å². The summed E-state index contributed by atoms with van der Waals surface area (Å²) in [7, 11) is 0. The zero-order chi connectivity index (χ0) is 17.3. The molecule has 5 nitrogen and oxygen atoms in total. The molecule has 0 aliphatic rings. The van der Waals surface area contributed by atoms with Crippen molar-refractivity contribution in [3.63, 3.8) is 0 Å². The maximum Gasteiger partial charge on any atom is 0.231 e. The van der Waals surface area contributed by atoms with Crippen LogP contribution in [0.25, 0.3) is 16.8 Å². The minimum atomic E-state index is -0.745. The molecular weight excluding hydrogens is 308 g/mol. The van der Waals surface area contributed by atoms with Crippen molar-refractivity contribution < 1.29 is 25.2 Å². The van der Waals surface area contributed by atoms with Crippen molar-refractivity contribution in [1.29, 1.82) is 0 Å². The van der Waals surface area contributed by atoms with Crippen LogP contribution >= 0.6 is 0 Å². The summed E-state index contributed by atoms with van der Waals surface area (Å²) in [5.74, 6) is -2.20. The van der Waals surface area contributed by atoms with Crippen molar-refractivity contribution >= 4 is 22.6 Å². The third-order valence-corrected chi connectivity index (χ3v) is 3.68. The number of hydrogen-bond acceptors (Lipinski definition) is 5. The first kappa shape index (κ1) is 15.4. The first-order valence-electron chi connectivity index (χ1n) is 7.15. The Morgan fingerprint density at radius 3 is 2.38 bits per heavy atom. The number of allylic oxidation sites excluding steroid dienone is 1. The van der Waals surface area contributed by atoms with Gasteiger partial charge in [-0.2, -0.15) is 0 Å². The standard InChI is InChI=1S/C19H14O5/c20-15-8-5-11(9-16(15)21)10-17(22)19(24)14-7-6-12-3-1-2-4-13(12)18(14)23/h1-10,20-23H/b17-10-. The van der Waals surface area contributed by atoms with E-state index in [1.807, 2.05) is 6.07 Å². The van der Waals surface area contributed by atoms with Gasteiger partial charge in [0.2, 0.25) is 5.78 Å². The van der Waals surface area contributed by atoms with Crippen LogP contribution in [0.5, 0.6) is 17.2 Å². The lowest BCUT2D eigenvalue weighted by Gasteiger charge is -2.07. The highest BCUT2D eigenvalue weighted by Crippen LogP contribution is 2.30. The smallest absolute Gasteiger partial charge is 0.231 e. The van der Waals surface area contributed by atoms with Gasteiger partial charge in [0.25, 0.3) is 0 Å². The fourth-order valence-electron chi connectivity index (χ4n) is 2.43. The number of rotatable bonds is 3. The van der Waals surface area contributed by atoms with Gasteiger partial charge in [-0.15, -0.1) is 0 Å². The number of phenolic OH excluding ortho intramolecular Hbond substituents is 3. The molecule has 3 aromatic rings. The Morgan fingerprint density at radius 2 is 1.62 bits per heavy atom. The number of Topliss-reactive ketones (excluding diaryl/α,β-unsaturated/α-hetero) is 1. The Morgan fingerprint density at radius 1 is 0.875 bits per heavy atom. The van der Waals surface area contributed by atoms with E-state index in [-0.39, 0.29) is 22.8 Å². The fourth-order valence-corrected chi connectivity index (χ4v) is 2.43. The topological polar surface area (TPSA) is 98.0 Å². The van der Waals surface area contributed by atoms with Crippen LogP contribution in [0.3, 0.4) is 0 Å². The highest BCUT2D eigenvalue weighted by molar-refractivity contribution is 6.13. The monoisotopic (exact) mass is 322 g/mol. The van der Waals surface area contributed by atoms with Gasteiger partial charge in [-0.3, -0.25) is 4.79 Å². The molecule has 0 amide bonds. The van der Waals surface area contributed by atoms with Gasteiger partial charge in [-0.05, 0) is 35.2 Å². The minimum absolute atomic E-state index is 0.0227. The second kappa shape index (κ2) is 5.96. The average Bonchev–Trinajstić information content (AvgIpc) is 2.58. The molecule has 5 heteroatoms. The van der Waals surface area contributed by atoms with E-state index in [1.54, 1.807) is 24.3 Å². The van der Waals surface area contributed by atoms with Crippen LogP contribution in [0.4, 0.5) is 0 Å². The van der Waals surface area contributed by atoms with Crippen molar-refractivity contribution in [3.8, 4) is 17.2 Å². The highest BCUT2D eigenvalue weighted by Gasteiger charge is 2.17. The summed E-state index contributed by atoms with van der Waals surface area (Å²) in [6, 6.07) is 14.0. The molecule has 0 bridgehead atoms. The van der Waals surface area contributed by atoms with Crippen LogP contribution in [0.2, 0.25) is 0 Å². The van der Waals surface area contributed by atoms with E-state index in [9.17, 15) is 25.2 Å². The second-order valence-electron chi connectivity index (χ2n) is 5.29. The summed E-state index contributed by atoms with van der Waals surface area (Å²) < 4.78 is 0. The highest BCUT2D eigenvalue weighted by atomic mass is 16.3. The summed E-state index contributed by atoms with van der Waals surface area (Å²) >= 11 is 0. The summed E-state index contributed by atoms with van der Waals surface area (Å²) in [6.45, 7) is 0. The number of carbonyl (C=O) groups excluding carboxylic acids is 1. The molecule has 120 valence electrons. The maximum absolute atomic E-state index is 12.4. The number of benzene rings is 3. The molecule has 0 atom stereocenters. The number of aliphatic hydroxyl groups is 1. The number of aromatic hydroxyl groups is 3. The van der Waals surface area contributed by atoms with E-state index in [2.05, 4.69) is 0 Å². The molecule has 0 saturated carbocycles. The van der Waals surface area contributed by atoms with Crippen molar-refractivity contribution in [3.05, 3.63) is 71.5 Å². The molecule has 3 aromatic carbocycles. The molecule has 0 aromatic heterocycles. The molecule has 3 rings (SSSR count). The molecular formula is C19H14O5. The Bertz CT molecular complexity index is 973. The van der Waals surface area contributed by atoms with E-state index in [1.165, 1.54) is 24.3 Å². The first-order valence-corrected chi connectivity index (χ1v) is 7.15. The van der Waals surface area contributed by atoms with Crippen molar-refractivity contribution in [2.45, 2.75) is 0 Å². The molecule has 4 N–H and O–H groups in total. The third kappa shape index (κ3) is 2.75. The van der Waals surface area contributed by atoms with Crippen LogP contribution in [0, 0.1) is 0 Å². The van der Waals surface area contributed by atoms with Crippen molar-refractivity contribution in [2.75, 3.05) is 0 Å². The van der Waals surface area contributed by atoms with Gasteiger partial charge in [0.1, 0.15) is 5.75 Å². The summed E-state index contributed by atoms with van der Waals surface area (Å²) in [5, 5.41) is 40.3. The number of ketones is 1. The molecule has 24 heavy (non-hydrogen) atoms. The number of carbonyl (C=O) groups is 1. The normalized spacial score (nSPS) is 11.6. The Labute approximate surface area is 137 Å². The molecule has 0 saturated heterocycles. The van der Waals surface area contributed by atoms with E-state index in [0.29, 0.717) is 10.9 Å². The largest absolute Gasteiger partial charge is 0.507 e. The van der Waals surface area contributed by atoms with Crippen LogP contribution in [-0.2, 0) is 0 Å². The SMILES string of the molecule is O=C(/C(O)=C/c1ccc(O)c(O)c1)c1ccc2ccccc2c1O. The first-order chi connectivity index (χ1) is 11.5. The lowest BCUT2D eigenvalue weighted by Crippen LogP contribution is -2.03. The molecule has 0 spiro atoms. The molecule has 0 aliphatic carbocycles. The number of phenols is 3. The van der Waals surface area contributed by atoms with Gasteiger partial charge in [0.15, 0.2) is 17.3 Å². The van der Waals surface area contributed by atoms with Crippen LogP contribution < -0.4 is 0 Å². The number of fused-ring (bicyclic) bond motifs is 1. The van der Waals surface area contributed by atoms with Gasteiger partial charge in [0.05, 0.1) is 5.56 Å². The predicted octanol–water partition coefficient (Wildman–Crippen LogP) is 3.74. The zero-order valence-corrected chi connectivity index (χ0v) is 12.5. The lowest BCUT2D eigenvalue weighted by atomic mass is 10.0. The van der Waals surface area contributed by atoms with Gasteiger partial charge >= 0.3 is 0 Å². The molecule has 0 aliphatic heterocycles.